The van der Waals surface area contributed by atoms with Crippen molar-refractivity contribution in [1.29, 1.82) is 0 Å². The van der Waals surface area contributed by atoms with Gasteiger partial charge in [-0.15, -0.1) is 0 Å². The van der Waals surface area contributed by atoms with Crippen LogP contribution in [-0.4, -0.2) is 45.7 Å². The number of ether oxygens (including phenoxy) is 2. The van der Waals surface area contributed by atoms with Crippen LogP contribution in [0.15, 0.2) is 81.2 Å². The van der Waals surface area contributed by atoms with Crippen LogP contribution in [0.3, 0.4) is 0 Å². The predicted octanol–water partition coefficient (Wildman–Crippen LogP) is 4.11. The summed E-state index contributed by atoms with van der Waals surface area (Å²) in [4.78, 5) is 23.1. The lowest BCUT2D eigenvalue weighted by Gasteiger charge is -2.25. The highest BCUT2D eigenvalue weighted by Gasteiger charge is 2.34. The lowest BCUT2D eigenvalue weighted by atomic mass is 10.1. The summed E-state index contributed by atoms with van der Waals surface area (Å²) in [7, 11) is -1.87. The maximum atomic E-state index is 13.7. The van der Waals surface area contributed by atoms with Gasteiger partial charge in [0.2, 0.25) is 0 Å². The Balaban J connectivity index is 2.03. The standard InChI is InChI=1S/C24H23BrN4O7S/c1-16(17-8-10-18(25)11-9-17)26-27-24(30)15-28(20-13-12-19(35-2)14-22(20)36-3)37(33,34)23-7-5-4-6-21(23)29(31)32/h4-14H,15H2,1-3H3,(H,27,30)/b26-16-. The molecule has 0 aliphatic heterocycles. The van der Waals surface area contributed by atoms with Gasteiger partial charge in [-0.2, -0.15) is 5.10 Å². The summed E-state index contributed by atoms with van der Waals surface area (Å²) in [6.07, 6.45) is 0. The van der Waals surface area contributed by atoms with Crippen LogP contribution in [0.4, 0.5) is 11.4 Å². The van der Waals surface area contributed by atoms with Crippen molar-refractivity contribution in [2.24, 2.45) is 5.10 Å². The number of amides is 1. The first-order valence-electron chi connectivity index (χ1n) is 10.7. The fourth-order valence-electron chi connectivity index (χ4n) is 3.30. The van der Waals surface area contributed by atoms with Gasteiger partial charge in [-0.3, -0.25) is 19.2 Å². The Hall–Kier alpha value is -3.97. The Kier molecular flexibility index (Phi) is 8.84. The van der Waals surface area contributed by atoms with Gasteiger partial charge >= 0.3 is 0 Å². The van der Waals surface area contributed by atoms with Crippen molar-refractivity contribution in [2.75, 3.05) is 25.1 Å². The maximum absolute atomic E-state index is 13.7. The van der Waals surface area contributed by atoms with E-state index in [4.69, 9.17) is 9.47 Å². The van der Waals surface area contributed by atoms with Gasteiger partial charge in [0, 0.05) is 16.6 Å². The summed E-state index contributed by atoms with van der Waals surface area (Å²) < 4.78 is 39.6. The van der Waals surface area contributed by atoms with Crippen LogP contribution in [0.5, 0.6) is 11.5 Å². The Bertz CT molecular complexity index is 1440. The van der Waals surface area contributed by atoms with E-state index in [1.807, 2.05) is 12.1 Å². The molecule has 37 heavy (non-hydrogen) atoms. The van der Waals surface area contributed by atoms with E-state index in [1.165, 1.54) is 44.6 Å². The van der Waals surface area contributed by atoms with Crippen LogP contribution >= 0.6 is 15.9 Å². The largest absolute Gasteiger partial charge is 0.497 e. The van der Waals surface area contributed by atoms with E-state index in [0.29, 0.717) is 11.5 Å². The van der Waals surface area contributed by atoms with E-state index in [2.05, 4.69) is 26.5 Å². The highest BCUT2D eigenvalue weighted by atomic mass is 79.9. The molecule has 1 N–H and O–H groups in total. The number of hydrogen-bond acceptors (Lipinski definition) is 8. The minimum Gasteiger partial charge on any atom is -0.497 e. The molecule has 0 spiro atoms. The van der Waals surface area contributed by atoms with E-state index in [-0.39, 0.29) is 11.4 Å². The number of nitro groups is 1. The van der Waals surface area contributed by atoms with Gasteiger partial charge in [0.15, 0.2) is 4.90 Å². The van der Waals surface area contributed by atoms with Crippen LogP contribution < -0.4 is 19.2 Å². The fourth-order valence-corrected chi connectivity index (χ4v) is 5.16. The second-order valence-electron chi connectivity index (χ2n) is 7.51. The summed E-state index contributed by atoms with van der Waals surface area (Å²) in [6.45, 7) is 0.937. The molecule has 0 radical (unpaired) electrons. The molecule has 3 aromatic carbocycles. The molecule has 3 rings (SSSR count). The number of benzene rings is 3. The van der Waals surface area contributed by atoms with E-state index in [9.17, 15) is 23.3 Å². The predicted molar refractivity (Wildman–Crippen MR) is 142 cm³/mol. The molecule has 0 aliphatic carbocycles. The van der Waals surface area contributed by atoms with Crippen molar-refractivity contribution in [1.82, 2.24) is 5.43 Å². The molecule has 194 valence electrons. The zero-order valence-corrected chi connectivity index (χ0v) is 22.4. The first-order valence-corrected chi connectivity index (χ1v) is 12.9. The van der Waals surface area contributed by atoms with Crippen LogP contribution in [0.2, 0.25) is 0 Å². The van der Waals surface area contributed by atoms with Gasteiger partial charge in [-0.1, -0.05) is 40.2 Å². The summed E-state index contributed by atoms with van der Waals surface area (Å²) >= 11 is 3.35. The molecule has 0 unspecified atom stereocenters. The van der Waals surface area contributed by atoms with E-state index >= 15 is 0 Å². The Morgan fingerprint density at radius 1 is 1.08 bits per heavy atom. The maximum Gasteiger partial charge on any atom is 0.289 e. The van der Waals surface area contributed by atoms with Crippen molar-refractivity contribution < 1.29 is 27.6 Å². The van der Waals surface area contributed by atoms with Gasteiger partial charge in [-0.25, -0.2) is 13.8 Å². The van der Waals surface area contributed by atoms with Crippen molar-refractivity contribution in [2.45, 2.75) is 11.8 Å². The van der Waals surface area contributed by atoms with Crippen LogP contribution in [0.25, 0.3) is 0 Å². The molecule has 13 heteroatoms. The average Bonchev–Trinajstić information content (AvgIpc) is 2.90. The average molecular weight is 591 g/mol. The van der Waals surface area contributed by atoms with Crippen molar-refractivity contribution in [3.05, 3.63) is 86.9 Å². The van der Waals surface area contributed by atoms with E-state index in [1.54, 1.807) is 19.1 Å². The van der Waals surface area contributed by atoms with E-state index in [0.717, 1.165) is 26.5 Å². The SMILES string of the molecule is COc1ccc(N(CC(=O)N/N=C(/C)c2ccc(Br)cc2)S(=O)(=O)c2ccccc2[N+](=O)[O-])c(OC)c1. The molecule has 0 fully saturated rings. The van der Waals surface area contributed by atoms with Gasteiger partial charge in [0.1, 0.15) is 18.0 Å². The first kappa shape index (κ1) is 27.6. The zero-order valence-electron chi connectivity index (χ0n) is 20.0. The normalized spacial score (nSPS) is 11.5. The van der Waals surface area contributed by atoms with E-state index < -0.39 is 38.0 Å². The molecule has 0 bridgehead atoms. The number of nitrogens with zero attached hydrogens (tertiary/aromatic N) is 3. The molecule has 0 saturated carbocycles. The quantitative estimate of drug-likeness (QED) is 0.213. The Morgan fingerprint density at radius 3 is 2.38 bits per heavy atom. The number of hydrazone groups is 1. The van der Waals surface area contributed by atoms with Crippen LogP contribution in [0, 0.1) is 10.1 Å². The molecular formula is C24H23BrN4O7S. The molecule has 0 aliphatic rings. The van der Waals surface area contributed by atoms with Crippen molar-refractivity contribution in [3.63, 3.8) is 0 Å². The molecule has 3 aromatic rings. The number of para-hydroxylation sites is 1. The molecule has 11 nitrogen and oxygen atoms in total. The number of hydrogen-bond donors (Lipinski definition) is 1. The third-order valence-electron chi connectivity index (χ3n) is 5.18. The Labute approximate surface area is 222 Å². The van der Waals surface area contributed by atoms with Gasteiger partial charge in [-0.05, 0) is 42.8 Å². The number of methoxy groups -OCH3 is 2. The van der Waals surface area contributed by atoms with Crippen LogP contribution in [0.1, 0.15) is 12.5 Å². The van der Waals surface area contributed by atoms with Gasteiger partial charge in [0.05, 0.1) is 30.5 Å². The number of nitro benzene ring substituents is 1. The fraction of sp³-hybridized carbons (Fsp3) is 0.167. The number of carbonyl (C=O) groups is 1. The minimum atomic E-state index is -4.62. The summed E-state index contributed by atoms with van der Waals surface area (Å²) in [6, 6.07) is 16.4. The number of nitrogens with one attached hydrogen (secondary N) is 1. The summed E-state index contributed by atoms with van der Waals surface area (Å²) in [5, 5.41) is 15.6. The highest BCUT2D eigenvalue weighted by Crippen LogP contribution is 2.37. The highest BCUT2D eigenvalue weighted by molar-refractivity contribution is 9.10. The summed E-state index contributed by atoms with van der Waals surface area (Å²) in [5.41, 5.74) is 2.91. The zero-order chi connectivity index (χ0) is 27.2. The lowest BCUT2D eigenvalue weighted by molar-refractivity contribution is -0.387. The number of carbonyl (C=O) groups excluding carboxylic acids is 1. The molecule has 0 atom stereocenters. The smallest absolute Gasteiger partial charge is 0.289 e. The minimum absolute atomic E-state index is 0.0230. The molecule has 0 saturated heterocycles. The second kappa shape index (κ2) is 11.8. The number of rotatable bonds is 10. The number of halogens is 1. The van der Waals surface area contributed by atoms with Gasteiger partial charge < -0.3 is 9.47 Å². The molecule has 0 heterocycles. The first-order chi connectivity index (χ1) is 17.6. The topological polar surface area (TPSA) is 140 Å². The van der Waals surface area contributed by atoms with Crippen LogP contribution in [-0.2, 0) is 14.8 Å². The number of anilines is 1. The number of sulfonamides is 1. The third-order valence-corrected chi connectivity index (χ3v) is 7.52. The monoisotopic (exact) mass is 590 g/mol. The molecule has 1 amide bonds. The third kappa shape index (κ3) is 6.43. The van der Waals surface area contributed by atoms with Gasteiger partial charge in [0.25, 0.3) is 21.6 Å². The second-order valence-corrected chi connectivity index (χ2v) is 10.3. The molecule has 0 aromatic heterocycles. The van der Waals surface area contributed by atoms with Crippen molar-refractivity contribution in [3.8, 4) is 11.5 Å². The Morgan fingerprint density at radius 2 is 1.76 bits per heavy atom. The van der Waals surface area contributed by atoms with Crippen molar-refractivity contribution >= 4 is 48.9 Å². The summed E-state index contributed by atoms with van der Waals surface area (Å²) in [5.74, 6) is -0.330. The lowest BCUT2D eigenvalue weighted by Crippen LogP contribution is -2.40. The molecular weight excluding hydrogens is 568 g/mol.